The molecule has 2 saturated heterocycles. The van der Waals surface area contributed by atoms with Gasteiger partial charge in [-0.3, -0.25) is 19.7 Å². The molecule has 0 radical (unpaired) electrons. The van der Waals surface area contributed by atoms with E-state index in [1.807, 2.05) is 30.3 Å². The van der Waals surface area contributed by atoms with Crippen LogP contribution in [0.15, 0.2) is 66.7 Å². The number of amides is 2. The number of nitrogens with zero attached hydrogens (tertiary/aromatic N) is 2. The van der Waals surface area contributed by atoms with Gasteiger partial charge in [0.1, 0.15) is 18.0 Å². The van der Waals surface area contributed by atoms with E-state index in [-0.39, 0.29) is 35.9 Å². The highest BCUT2D eigenvalue weighted by Crippen LogP contribution is 2.40. The average molecular weight is 468 g/mol. The van der Waals surface area contributed by atoms with Crippen molar-refractivity contribution in [1.82, 2.24) is 10.2 Å². The molecule has 170 valence electrons. The molecule has 0 spiro atoms. The van der Waals surface area contributed by atoms with Crippen molar-refractivity contribution in [3.8, 4) is 0 Å². The van der Waals surface area contributed by atoms with Gasteiger partial charge in [0.15, 0.2) is 6.04 Å². The Morgan fingerprint density at radius 3 is 2.52 bits per heavy atom. The monoisotopic (exact) mass is 467 g/mol. The molecule has 0 aliphatic carbocycles. The van der Waals surface area contributed by atoms with Crippen LogP contribution in [0.2, 0.25) is 0 Å². The van der Waals surface area contributed by atoms with E-state index in [1.165, 1.54) is 40.9 Å². The van der Waals surface area contributed by atoms with Gasteiger partial charge in [-0.15, -0.1) is 11.8 Å². The van der Waals surface area contributed by atoms with Crippen LogP contribution in [0.4, 0.5) is 5.69 Å². The van der Waals surface area contributed by atoms with Gasteiger partial charge in [-0.2, -0.15) is 0 Å². The molecule has 2 aromatic rings. The summed E-state index contributed by atoms with van der Waals surface area (Å²) in [6.07, 6.45) is 0.162. The number of benzene rings is 2. The van der Waals surface area contributed by atoms with Crippen molar-refractivity contribution >= 4 is 35.2 Å². The van der Waals surface area contributed by atoms with Gasteiger partial charge in [0.25, 0.3) is 5.69 Å². The van der Waals surface area contributed by atoms with E-state index < -0.39 is 23.0 Å². The van der Waals surface area contributed by atoms with E-state index in [2.05, 4.69) is 11.9 Å². The van der Waals surface area contributed by atoms with Crippen LogP contribution in [-0.4, -0.2) is 50.8 Å². The van der Waals surface area contributed by atoms with E-state index in [9.17, 15) is 24.5 Å². The summed E-state index contributed by atoms with van der Waals surface area (Å²) in [6, 6.07) is 13.3. The van der Waals surface area contributed by atoms with Crippen molar-refractivity contribution in [2.24, 2.45) is 0 Å². The third kappa shape index (κ3) is 4.75. The molecule has 0 bridgehead atoms. The van der Waals surface area contributed by atoms with Crippen molar-refractivity contribution in [2.75, 3.05) is 5.75 Å². The van der Waals surface area contributed by atoms with Crippen LogP contribution >= 0.6 is 11.8 Å². The van der Waals surface area contributed by atoms with E-state index >= 15 is 0 Å². The number of hydrogen-bond donors (Lipinski definition) is 1. The van der Waals surface area contributed by atoms with Crippen LogP contribution < -0.4 is 5.32 Å². The summed E-state index contributed by atoms with van der Waals surface area (Å²) in [5.41, 5.74) is 1.92. The second-order valence-electron chi connectivity index (χ2n) is 7.75. The molecule has 0 saturated carbocycles. The summed E-state index contributed by atoms with van der Waals surface area (Å²) >= 11 is 1.44. The Morgan fingerprint density at radius 1 is 1.15 bits per heavy atom. The predicted octanol–water partition coefficient (Wildman–Crippen LogP) is 2.21. The second kappa shape index (κ2) is 9.45. The Kier molecular flexibility index (Phi) is 6.45. The highest BCUT2D eigenvalue weighted by molar-refractivity contribution is 8.00. The van der Waals surface area contributed by atoms with Crippen molar-refractivity contribution in [2.45, 2.75) is 30.5 Å². The van der Waals surface area contributed by atoms with E-state index in [0.717, 1.165) is 5.56 Å². The fourth-order valence-electron chi connectivity index (χ4n) is 3.77. The first-order valence-corrected chi connectivity index (χ1v) is 11.2. The summed E-state index contributed by atoms with van der Waals surface area (Å²) < 4.78 is 5.37. The smallest absolute Gasteiger partial charge is 0.333 e. The standard InChI is InChI=1S/C23H21N3O6S/c1-14-13-33-22-19(24-18(27)11-15-5-3-2-4-6-15)21(28)25(22)20(14)23(29)32-12-16-7-9-17(10-8-16)26(30)31/h2-10,19-20,22H,1,11-13H2,(H,24,27). The molecule has 9 nitrogen and oxygen atoms in total. The van der Waals surface area contributed by atoms with Gasteiger partial charge >= 0.3 is 5.97 Å². The van der Waals surface area contributed by atoms with Gasteiger partial charge in [-0.25, -0.2) is 4.79 Å². The Labute approximate surface area is 193 Å². The molecular weight excluding hydrogens is 446 g/mol. The third-order valence-corrected chi connectivity index (χ3v) is 6.84. The molecule has 2 fully saturated rings. The molecule has 2 amide bonds. The lowest BCUT2D eigenvalue weighted by Gasteiger charge is -2.52. The predicted molar refractivity (Wildman–Crippen MR) is 121 cm³/mol. The minimum Gasteiger partial charge on any atom is -0.459 e. The van der Waals surface area contributed by atoms with Gasteiger partial charge in [0, 0.05) is 17.9 Å². The van der Waals surface area contributed by atoms with Gasteiger partial charge in [-0.05, 0) is 28.8 Å². The molecular formula is C23H21N3O6S. The van der Waals surface area contributed by atoms with E-state index in [0.29, 0.717) is 16.9 Å². The number of thioether (sulfide) groups is 1. The number of carbonyl (C=O) groups excluding carboxylic acids is 3. The summed E-state index contributed by atoms with van der Waals surface area (Å²) in [4.78, 5) is 49.6. The average Bonchev–Trinajstić information content (AvgIpc) is 2.81. The number of carbonyl (C=O) groups is 3. The Bertz CT molecular complexity index is 1100. The van der Waals surface area contributed by atoms with Crippen LogP contribution in [0.3, 0.4) is 0 Å². The Morgan fingerprint density at radius 2 is 1.85 bits per heavy atom. The first-order valence-electron chi connectivity index (χ1n) is 10.2. The zero-order valence-electron chi connectivity index (χ0n) is 17.5. The lowest BCUT2D eigenvalue weighted by atomic mass is 9.98. The molecule has 2 aliphatic heterocycles. The van der Waals surface area contributed by atoms with Crippen LogP contribution in [0.1, 0.15) is 11.1 Å². The SMILES string of the molecule is C=C1CSC2C(NC(=O)Cc3ccccc3)C(=O)N2C1C(=O)OCc1ccc([N+](=O)[O-])cc1. The van der Waals surface area contributed by atoms with Gasteiger partial charge in [-0.1, -0.05) is 36.9 Å². The number of esters is 1. The Balaban J connectivity index is 1.36. The quantitative estimate of drug-likeness (QED) is 0.218. The number of nitro benzene ring substituents is 1. The summed E-state index contributed by atoms with van der Waals surface area (Å²) in [5.74, 6) is -0.781. The van der Waals surface area contributed by atoms with Crippen LogP contribution in [0, 0.1) is 10.1 Å². The minimum absolute atomic E-state index is 0.0582. The van der Waals surface area contributed by atoms with Crippen molar-refractivity contribution < 1.29 is 24.0 Å². The highest BCUT2D eigenvalue weighted by Gasteiger charge is 2.56. The molecule has 1 N–H and O–H groups in total. The summed E-state index contributed by atoms with van der Waals surface area (Å²) in [6.45, 7) is 3.83. The van der Waals surface area contributed by atoms with Crippen molar-refractivity contribution in [3.05, 3.63) is 88.0 Å². The summed E-state index contributed by atoms with van der Waals surface area (Å²) in [5, 5.41) is 13.2. The largest absolute Gasteiger partial charge is 0.459 e. The maximum absolute atomic E-state index is 12.8. The van der Waals surface area contributed by atoms with E-state index in [4.69, 9.17) is 4.74 Å². The maximum atomic E-state index is 12.8. The molecule has 2 heterocycles. The molecule has 0 aromatic heterocycles. The van der Waals surface area contributed by atoms with Gasteiger partial charge in [0.2, 0.25) is 11.8 Å². The minimum atomic E-state index is -0.927. The molecule has 10 heteroatoms. The second-order valence-corrected chi connectivity index (χ2v) is 8.85. The van der Waals surface area contributed by atoms with Gasteiger partial charge in [0.05, 0.1) is 11.3 Å². The molecule has 2 aromatic carbocycles. The zero-order chi connectivity index (χ0) is 23.5. The molecule has 3 atom stereocenters. The number of ether oxygens (including phenoxy) is 1. The number of nitrogens with one attached hydrogen (secondary N) is 1. The van der Waals surface area contributed by atoms with Crippen molar-refractivity contribution in [3.63, 3.8) is 0 Å². The number of fused-ring (bicyclic) bond motifs is 1. The number of β-lactam (4-membered cyclic amide) rings is 1. The fraction of sp³-hybridized carbons (Fsp3) is 0.261. The number of rotatable bonds is 7. The lowest BCUT2D eigenvalue weighted by molar-refractivity contribution is -0.384. The Hall–Kier alpha value is -3.66. The molecule has 3 unspecified atom stereocenters. The molecule has 33 heavy (non-hydrogen) atoms. The van der Waals surface area contributed by atoms with Crippen LogP contribution in [0.5, 0.6) is 0 Å². The first-order chi connectivity index (χ1) is 15.8. The topological polar surface area (TPSA) is 119 Å². The van der Waals surface area contributed by atoms with Gasteiger partial charge < -0.3 is 15.0 Å². The lowest BCUT2D eigenvalue weighted by Crippen LogP contribution is -2.74. The van der Waals surface area contributed by atoms with Crippen molar-refractivity contribution in [1.29, 1.82) is 0 Å². The normalized spacial score (nSPS) is 21.6. The van der Waals surface area contributed by atoms with Crippen LogP contribution in [0.25, 0.3) is 0 Å². The summed E-state index contributed by atoms with van der Waals surface area (Å²) in [7, 11) is 0. The fourth-order valence-corrected chi connectivity index (χ4v) is 5.08. The third-order valence-electron chi connectivity index (χ3n) is 5.46. The molecule has 4 rings (SSSR count). The highest BCUT2D eigenvalue weighted by atomic mass is 32.2. The molecule has 2 aliphatic rings. The zero-order valence-corrected chi connectivity index (χ0v) is 18.3. The van der Waals surface area contributed by atoms with Crippen LogP contribution in [-0.2, 0) is 32.1 Å². The number of hydrogen-bond acceptors (Lipinski definition) is 7. The number of non-ortho nitro benzene ring substituents is 1. The maximum Gasteiger partial charge on any atom is 0.333 e. The number of nitro groups is 1. The van der Waals surface area contributed by atoms with E-state index in [1.54, 1.807) is 0 Å². The first kappa shape index (κ1) is 22.5.